The van der Waals surface area contributed by atoms with E-state index in [9.17, 15) is 0 Å². The van der Waals surface area contributed by atoms with Gasteiger partial charge in [-0.05, 0) is 25.0 Å². The maximum atomic E-state index is 6.05. The average Bonchev–Trinajstić information content (AvgIpc) is 2.75. The number of hydrogen-bond acceptors (Lipinski definition) is 4. The maximum Gasteiger partial charge on any atom is 0.169 e. The first kappa shape index (κ1) is 10.2. The smallest absolute Gasteiger partial charge is 0.169 e. The molecule has 0 unspecified atom stereocenters. The van der Waals surface area contributed by atoms with E-state index in [0.29, 0.717) is 6.61 Å². The summed E-state index contributed by atoms with van der Waals surface area (Å²) in [6, 6.07) is 3.83. The summed E-state index contributed by atoms with van der Waals surface area (Å²) in [5.41, 5.74) is 0.880. The van der Waals surface area contributed by atoms with Gasteiger partial charge in [-0.3, -0.25) is 0 Å². The first-order valence-corrected chi connectivity index (χ1v) is 5.97. The van der Waals surface area contributed by atoms with Gasteiger partial charge in [0, 0.05) is 19.0 Å². The summed E-state index contributed by atoms with van der Waals surface area (Å²) in [5, 5.41) is 7.96. The molecule has 4 heteroatoms. The summed E-state index contributed by atoms with van der Waals surface area (Å²) in [6.45, 7) is 0.610. The van der Waals surface area contributed by atoms with Crippen molar-refractivity contribution < 1.29 is 9.47 Å². The second-order valence-electron chi connectivity index (χ2n) is 4.54. The predicted octanol–water partition coefficient (Wildman–Crippen LogP) is 2.22. The van der Waals surface area contributed by atoms with Crippen LogP contribution in [-0.4, -0.2) is 22.6 Å². The molecule has 2 aliphatic rings. The van der Waals surface area contributed by atoms with Gasteiger partial charge in [0.25, 0.3) is 0 Å². The fourth-order valence-electron chi connectivity index (χ4n) is 2.54. The normalized spacial score (nSPS) is 28.4. The highest BCUT2D eigenvalue weighted by Crippen LogP contribution is 2.41. The Bertz CT molecular complexity index is 349. The van der Waals surface area contributed by atoms with Crippen molar-refractivity contribution in [1.29, 1.82) is 0 Å². The second-order valence-corrected chi connectivity index (χ2v) is 4.54. The van der Waals surface area contributed by atoms with Crippen LogP contribution in [0.5, 0.6) is 0 Å². The summed E-state index contributed by atoms with van der Waals surface area (Å²) < 4.78 is 11.9. The van der Waals surface area contributed by atoms with Crippen molar-refractivity contribution in [2.45, 2.75) is 44.0 Å². The summed E-state index contributed by atoms with van der Waals surface area (Å²) >= 11 is 0. The molecule has 3 rings (SSSR count). The zero-order valence-electron chi connectivity index (χ0n) is 9.26. The Kier molecular flexibility index (Phi) is 2.61. The Balaban J connectivity index is 1.73. The molecule has 0 aromatic carbocycles. The number of aromatic nitrogens is 2. The molecule has 1 atom stereocenters. The van der Waals surface area contributed by atoms with Gasteiger partial charge in [0.2, 0.25) is 0 Å². The lowest BCUT2D eigenvalue weighted by atomic mass is 9.94. The molecule has 1 saturated heterocycles. The molecular weight excluding hydrogens is 204 g/mol. The van der Waals surface area contributed by atoms with Gasteiger partial charge < -0.3 is 9.47 Å². The average molecular weight is 220 g/mol. The van der Waals surface area contributed by atoms with Crippen LogP contribution in [0.3, 0.4) is 0 Å². The van der Waals surface area contributed by atoms with Crippen LogP contribution in [-0.2, 0) is 9.47 Å². The fourth-order valence-corrected chi connectivity index (χ4v) is 2.54. The second kappa shape index (κ2) is 4.11. The van der Waals surface area contributed by atoms with E-state index < -0.39 is 0 Å². The van der Waals surface area contributed by atoms with E-state index in [1.807, 2.05) is 12.1 Å². The molecular formula is C12H16N2O2. The zero-order valence-corrected chi connectivity index (χ0v) is 9.26. The molecule has 86 valence electrons. The van der Waals surface area contributed by atoms with Crippen molar-refractivity contribution in [3.63, 3.8) is 0 Å². The molecule has 0 bridgehead atoms. The Morgan fingerprint density at radius 1 is 1.25 bits per heavy atom. The van der Waals surface area contributed by atoms with Crippen molar-refractivity contribution in [2.24, 2.45) is 0 Å². The minimum absolute atomic E-state index is 0.0354. The van der Waals surface area contributed by atoms with E-state index in [2.05, 4.69) is 10.2 Å². The monoisotopic (exact) mass is 220 g/mol. The van der Waals surface area contributed by atoms with E-state index in [4.69, 9.17) is 9.47 Å². The molecule has 16 heavy (non-hydrogen) atoms. The molecule has 0 radical (unpaired) electrons. The molecule has 1 saturated carbocycles. The van der Waals surface area contributed by atoms with E-state index in [1.54, 1.807) is 6.20 Å². The van der Waals surface area contributed by atoms with E-state index in [-0.39, 0.29) is 11.9 Å². The molecule has 4 nitrogen and oxygen atoms in total. The van der Waals surface area contributed by atoms with Gasteiger partial charge in [-0.15, -0.1) is 0 Å². The first-order chi connectivity index (χ1) is 7.88. The van der Waals surface area contributed by atoms with Gasteiger partial charge in [0.15, 0.2) is 5.79 Å². The van der Waals surface area contributed by atoms with Crippen molar-refractivity contribution in [3.05, 3.63) is 24.0 Å². The van der Waals surface area contributed by atoms with Gasteiger partial charge in [0.1, 0.15) is 6.10 Å². The van der Waals surface area contributed by atoms with Crippen LogP contribution in [0, 0.1) is 0 Å². The lowest BCUT2D eigenvalue weighted by molar-refractivity contribution is -0.188. The first-order valence-electron chi connectivity index (χ1n) is 5.97. The number of ether oxygens (including phenoxy) is 2. The van der Waals surface area contributed by atoms with Crippen LogP contribution in [0.2, 0.25) is 0 Å². The van der Waals surface area contributed by atoms with Crippen LogP contribution < -0.4 is 0 Å². The third-order valence-electron chi connectivity index (χ3n) is 3.39. The highest BCUT2D eigenvalue weighted by molar-refractivity contribution is 5.05. The Morgan fingerprint density at radius 3 is 2.88 bits per heavy atom. The topological polar surface area (TPSA) is 44.2 Å². The fraction of sp³-hybridized carbons (Fsp3) is 0.667. The number of nitrogens with zero attached hydrogens (tertiary/aromatic N) is 2. The Hall–Kier alpha value is -1.00. The molecule has 2 heterocycles. The molecule has 1 aromatic heterocycles. The van der Waals surface area contributed by atoms with Gasteiger partial charge in [-0.25, -0.2) is 0 Å². The molecule has 0 N–H and O–H groups in total. The van der Waals surface area contributed by atoms with Crippen molar-refractivity contribution in [2.75, 3.05) is 6.61 Å². The Labute approximate surface area is 95.0 Å². The highest BCUT2D eigenvalue weighted by Gasteiger charge is 2.43. The van der Waals surface area contributed by atoms with Crippen LogP contribution in [0.25, 0.3) is 0 Å². The zero-order chi connectivity index (χ0) is 10.8. The van der Waals surface area contributed by atoms with Gasteiger partial charge in [-0.2, -0.15) is 10.2 Å². The highest BCUT2D eigenvalue weighted by atomic mass is 16.7. The van der Waals surface area contributed by atoms with Crippen molar-refractivity contribution in [1.82, 2.24) is 10.2 Å². The third kappa shape index (κ3) is 1.83. The van der Waals surface area contributed by atoms with E-state index in [0.717, 1.165) is 18.5 Å². The molecule has 1 aliphatic heterocycles. The van der Waals surface area contributed by atoms with Gasteiger partial charge in [-0.1, -0.05) is 6.42 Å². The van der Waals surface area contributed by atoms with Crippen LogP contribution in [0.4, 0.5) is 0 Å². The summed E-state index contributed by atoms with van der Waals surface area (Å²) in [7, 11) is 0. The standard InChI is InChI=1S/C12H16N2O2/c1-2-6-12(7-3-1)15-9-11(16-12)10-5-4-8-13-14-10/h4-5,8,11H,1-3,6-7,9H2/t11-/m1/s1. The van der Waals surface area contributed by atoms with Crippen molar-refractivity contribution >= 4 is 0 Å². The Morgan fingerprint density at radius 2 is 2.12 bits per heavy atom. The molecule has 2 fully saturated rings. The van der Waals surface area contributed by atoms with Gasteiger partial charge >= 0.3 is 0 Å². The van der Waals surface area contributed by atoms with Crippen LogP contribution in [0.15, 0.2) is 18.3 Å². The number of hydrogen-bond donors (Lipinski definition) is 0. The van der Waals surface area contributed by atoms with Crippen molar-refractivity contribution in [3.8, 4) is 0 Å². The predicted molar refractivity (Wildman–Crippen MR) is 57.6 cm³/mol. The number of rotatable bonds is 1. The largest absolute Gasteiger partial charge is 0.347 e. The van der Waals surface area contributed by atoms with E-state index >= 15 is 0 Å². The minimum atomic E-state index is -0.319. The lowest BCUT2D eigenvalue weighted by Crippen LogP contribution is -2.32. The minimum Gasteiger partial charge on any atom is -0.347 e. The van der Waals surface area contributed by atoms with Crippen LogP contribution >= 0.6 is 0 Å². The summed E-state index contributed by atoms with van der Waals surface area (Å²) in [6.07, 6.45) is 7.38. The molecule has 0 amide bonds. The van der Waals surface area contributed by atoms with E-state index in [1.165, 1.54) is 19.3 Å². The molecule has 1 aromatic rings. The quantitative estimate of drug-likeness (QED) is 0.728. The maximum absolute atomic E-state index is 6.05. The SMILES string of the molecule is c1cnnc([C@H]2COC3(CCCCC3)O2)c1. The van der Waals surface area contributed by atoms with Crippen LogP contribution in [0.1, 0.15) is 43.9 Å². The van der Waals surface area contributed by atoms with Gasteiger partial charge in [0.05, 0.1) is 12.3 Å². The third-order valence-corrected chi connectivity index (χ3v) is 3.39. The molecule has 1 spiro atoms. The summed E-state index contributed by atoms with van der Waals surface area (Å²) in [5.74, 6) is -0.319. The summed E-state index contributed by atoms with van der Waals surface area (Å²) in [4.78, 5) is 0. The molecule has 1 aliphatic carbocycles. The lowest BCUT2D eigenvalue weighted by Gasteiger charge is -2.31.